The van der Waals surface area contributed by atoms with E-state index in [0.29, 0.717) is 67.3 Å². The lowest BCUT2D eigenvalue weighted by Gasteiger charge is -2.38. The summed E-state index contributed by atoms with van der Waals surface area (Å²) in [5.74, 6) is 1.41. The van der Waals surface area contributed by atoms with Gasteiger partial charge in [-0.25, -0.2) is 19.6 Å². The highest BCUT2D eigenvalue weighted by molar-refractivity contribution is 5.67. The molecular formula is C36H48N10O4. The van der Waals surface area contributed by atoms with Crippen LogP contribution in [0.1, 0.15) is 70.4 Å². The van der Waals surface area contributed by atoms with Crippen molar-refractivity contribution in [3.8, 4) is 28.8 Å². The maximum atomic E-state index is 9.68. The summed E-state index contributed by atoms with van der Waals surface area (Å²) in [5.41, 5.74) is 2.77. The Morgan fingerprint density at radius 1 is 1.08 bits per heavy atom. The van der Waals surface area contributed by atoms with Crippen LogP contribution in [0.15, 0.2) is 49.4 Å². The molecule has 0 spiro atoms. The predicted molar refractivity (Wildman–Crippen MR) is 187 cm³/mol. The Hall–Kier alpha value is -4.58. The van der Waals surface area contributed by atoms with Crippen molar-refractivity contribution >= 4 is 11.6 Å². The summed E-state index contributed by atoms with van der Waals surface area (Å²) >= 11 is 0. The molecule has 266 valence electrons. The predicted octanol–water partition coefficient (Wildman–Crippen LogP) is 5.41. The molecule has 4 aromatic rings. The van der Waals surface area contributed by atoms with Crippen molar-refractivity contribution in [1.29, 1.82) is 5.26 Å². The fraction of sp³-hybridized carbons (Fsp3) is 0.556. The van der Waals surface area contributed by atoms with Gasteiger partial charge in [-0.3, -0.25) is 9.58 Å². The molecule has 4 heterocycles. The van der Waals surface area contributed by atoms with Crippen LogP contribution in [-0.2, 0) is 16.0 Å². The van der Waals surface area contributed by atoms with Gasteiger partial charge in [0.2, 0.25) is 5.95 Å². The highest BCUT2D eigenvalue weighted by atomic mass is 16.5. The van der Waals surface area contributed by atoms with Gasteiger partial charge < -0.3 is 24.3 Å². The number of anilines is 2. The molecule has 50 heavy (non-hydrogen) atoms. The van der Waals surface area contributed by atoms with E-state index in [2.05, 4.69) is 43.4 Å². The molecule has 2 atom stereocenters. The van der Waals surface area contributed by atoms with Crippen molar-refractivity contribution in [3.63, 3.8) is 0 Å². The van der Waals surface area contributed by atoms with Crippen LogP contribution in [-0.4, -0.2) is 97.7 Å². The Labute approximate surface area is 293 Å². The van der Waals surface area contributed by atoms with Crippen LogP contribution in [0.4, 0.5) is 11.6 Å². The van der Waals surface area contributed by atoms with Crippen molar-refractivity contribution in [3.05, 3.63) is 55.0 Å². The molecule has 2 aliphatic rings. The molecule has 1 aliphatic carbocycles. The Bertz CT molecular complexity index is 1660. The van der Waals surface area contributed by atoms with Gasteiger partial charge in [-0.05, 0) is 83.5 Å². The average Bonchev–Trinajstić information content (AvgIpc) is 3.71. The zero-order valence-corrected chi connectivity index (χ0v) is 29.3. The van der Waals surface area contributed by atoms with Gasteiger partial charge in [0, 0.05) is 43.3 Å². The van der Waals surface area contributed by atoms with Crippen molar-refractivity contribution in [2.24, 2.45) is 0 Å². The molecule has 1 N–H and O–H groups in total. The molecule has 3 aromatic heterocycles. The molecule has 0 unspecified atom stereocenters. The van der Waals surface area contributed by atoms with Crippen molar-refractivity contribution in [2.75, 3.05) is 45.4 Å². The molecule has 1 saturated carbocycles. The van der Waals surface area contributed by atoms with Crippen LogP contribution in [0.5, 0.6) is 11.6 Å². The largest absolute Gasteiger partial charge is 0.487 e. The summed E-state index contributed by atoms with van der Waals surface area (Å²) in [7, 11) is 2.27. The summed E-state index contributed by atoms with van der Waals surface area (Å²) in [6, 6.07) is 9.01. The third kappa shape index (κ3) is 9.15. The lowest BCUT2D eigenvalue weighted by atomic mass is 9.89. The minimum Gasteiger partial charge on any atom is -0.487 e. The van der Waals surface area contributed by atoms with Gasteiger partial charge in [0.1, 0.15) is 42.9 Å². The normalized spacial score (nSPS) is 20.2. The lowest BCUT2D eigenvalue weighted by molar-refractivity contribution is 0.0499. The molecule has 1 aromatic carbocycles. The first-order chi connectivity index (χ1) is 24.5. The maximum Gasteiger partial charge on any atom is 0.257 e. The highest BCUT2D eigenvalue weighted by Crippen LogP contribution is 2.35. The standard InChI is InChI=1S/C36H48N10O4/c1-4-47-15-16-49-35-33(22-46(43-35)31-12-10-30(11-13-31)44(3)32-7-5-6-14-48-23-32)42-36-39-19-29(20-40-36)27-8-9-28(18-37)34(17-27)50-26(2)21-45-25-38-24-41-45/h8-9,17,19-20,22,24-26,30-32H,4-7,10-16,21,23H2,1-3H3,(H,39,40,42)/t26-,30?,31?,32+/m0/s1. The number of nitrogens with one attached hydrogen (secondary N) is 1. The average molecular weight is 685 g/mol. The van der Waals surface area contributed by atoms with Crippen LogP contribution >= 0.6 is 0 Å². The Balaban J connectivity index is 1.12. The smallest absolute Gasteiger partial charge is 0.257 e. The minimum absolute atomic E-state index is 0.231. The van der Waals surface area contributed by atoms with E-state index in [1.165, 1.54) is 19.2 Å². The van der Waals surface area contributed by atoms with Gasteiger partial charge in [0.25, 0.3) is 5.88 Å². The number of nitrogens with zero attached hydrogens (tertiary/aromatic N) is 9. The third-order valence-electron chi connectivity index (χ3n) is 9.52. The molecule has 1 aliphatic heterocycles. The van der Waals surface area contributed by atoms with E-state index < -0.39 is 0 Å². The molecule has 0 bridgehead atoms. The number of hydrogen-bond acceptors (Lipinski definition) is 12. The van der Waals surface area contributed by atoms with Gasteiger partial charge in [-0.1, -0.05) is 6.07 Å². The Kier molecular flexibility index (Phi) is 12.3. The number of likely N-dealkylation sites (N-methyl/N-ethyl adjacent to an activating group) is 1. The molecule has 2 fully saturated rings. The molecule has 1 saturated heterocycles. The summed E-state index contributed by atoms with van der Waals surface area (Å²) in [6.45, 7) is 7.61. The fourth-order valence-electron chi connectivity index (χ4n) is 6.73. The van der Waals surface area contributed by atoms with E-state index in [1.54, 1.807) is 29.5 Å². The van der Waals surface area contributed by atoms with Gasteiger partial charge in [0.05, 0.1) is 37.6 Å². The lowest BCUT2D eigenvalue weighted by Crippen LogP contribution is -2.44. The van der Waals surface area contributed by atoms with Crippen LogP contribution in [0.25, 0.3) is 11.1 Å². The highest BCUT2D eigenvalue weighted by Gasteiger charge is 2.30. The summed E-state index contributed by atoms with van der Waals surface area (Å²) < 4.78 is 27.3. The molecule has 14 heteroatoms. The number of ether oxygens (including phenoxy) is 4. The molecule has 0 radical (unpaired) electrons. The second kappa shape index (κ2) is 17.4. The van der Waals surface area contributed by atoms with Crippen LogP contribution in [0.3, 0.4) is 0 Å². The van der Waals surface area contributed by atoms with E-state index in [1.807, 2.05) is 36.9 Å². The van der Waals surface area contributed by atoms with Gasteiger partial charge >= 0.3 is 0 Å². The van der Waals surface area contributed by atoms with E-state index in [-0.39, 0.29) is 12.1 Å². The minimum atomic E-state index is -0.231. The fourth-order valence-corrected chi connectivity index (χ4v) is 6.73. The second-order valence-corrected chi connectivity index (χ2v) is 13.0. The summed E-state index contributed by atoms with van der Waals surface area (Å²) in [5, 5.41) is 22.0. The first-order valence-electron chi connectivity index (χ1n) is 17.7. The monoisotopic (exact) mass is 684 g/mol. The van der Waals surface area contributed by atoms with Gasteiger partial charge in [-0.15, -0.1) is 5.10 Å². The summed E-state index contributed by atoms with van der Waals surface area (Å²) in [6.07, 6.45) is 16.3. The van der Waals surface area contributed by atoms with E-state index in [9.17, 15) is 5.26 Å². The molecule has 6 rings (SSSR count). The number of rotatable bonds is 15. The molecule has 14 nitrogen and oxygen atoms in total. The number of nitriles is 1. The summed E-state index contributed by atoms with van der Waals surface area (Å²) in [4.78, 5) is 15.8. The van der Waals surface area contributed by atoms with Crippen LogP contribution in [0.2, 0.25) is 0 Å². The SMILES string of the molecule is CCOCCOc1nn(C2CCC(N(C)[C@@H]3CCCCOC3)CC2)cc1Nc1ncc(-c2ccc(C#N)c(O[C@@H](C)Cn3cncn3)c2)cn1. The van der Waals surface area contributed by atoms with Crippen LogP contribution < -0.4 is 14.8 Å². The van der Waals surface area contributed by atoms with Gasteiger partial charge in [-0.2, -0.15) is 10.4 Å². The number of hydrogen-bond donors (Lipinski definition) is 1. The first-order valence-corrected chi connectivity index (χ1v) is 17.7. The van der Waals surface area contributed by atoms with Crippen LogP contribution in [0, 0.1) is 11.3 Å². The van der Waals surface area contributed by atoms with Gasteiger partial charge in [0.15, 0.2) is 0 Å². The van der Waals surface area contributed by atoms with E-state index in [0.717, 1.165) is 56.4 Å². The quantitative estimate of drug-likeness (QED) is 0.159. The Morgan fingerprint density at radius 2 is 1.92 bits per heavy atom. The second-order valence-electron chi connectivity index (χ2n) is 13.0. The van der Waals surface area contributed by atoms with E-state index in [4.69, 9.17) is 24.0 Å². The number of benzene rings is 1. The molecular weight excluding hydrogens is 636 g/mol. The maximum absolute atomic E-state index is 9.68. The number of aromatic nitrogens is 7. The van der Waals surface area contributed by atoms with E-state index >= 15 is 0 Å². The molecule has 0 amide bonds. The Morgan fingerprint density at radius 3 is 2.68 bits per heavy atom. The van der Waals surface area contributed by atoms with Crippen molar-refractivity contribution in [1.82, 2.24) is 39.4 Å². The first kappa shape index (κ1) is 35.3. The van der Waals surface area contributed by atoms with Crippen molar-refractivity contribution in [2.45, 2.75) is 89.6 Å². The topological polar surface area (TPSA) is 150 Å². The zero-order chi connectivity index (χ0) is 34.7. The third-order valence-corrected chi connectivity index (χ3v) is 9.52. The van der Waals surface area contributed by atoms with Crippen molar-refractivity contribution < 1.29 is 18.9 Å². The zero-order valence-electron chi connectivity index (χ0n) is 29.3.